The van der Waals surface area contributed by atoms with Gasteiger partial charge in [-0.2, -0.15) is 8.78 Å². The van der Waals surface area contributed by atoms with Crippen LogP contribution in [0.2, 0.25) is 0 Å². The first-order valence-corrected chi connectivity index (χ1v) is 6.54. The molecule has 0 radical (unpaired) electrons. The maximum Gasteiger partial charge on any atom is 0.387 e. The lowest BCUT2D eigenvalue weighted by Crippen LogP contribution is -2.22. The Morgan fingerprint density at radius 1 is 1.26 bits per heavy atom. The van der Waals surface area contributed by atoms with Crippen molar-refractivity contribution in [3.63, 3.8) is 0 Å². The van der Waals surface area contributed by atoms with Gasteiger partial charge in [-0.25, -0.2) is 0 Å². The number of rotatable bonds is 5. The molecule has 1 aliphatic heterocycles. The summed E-state index contributed by atoms with van der Waals surface area (Å²) in [4.78, 5) is 0. The van der Waals surface area contributed by atoms with Crippen LogP contribution in [0.25, 0.3) is 0 Å². The van der Waals surface area contributed by atoms with Crippen molar-refractivity contribution in [1.82, 2.24) is 0 Å². The third-order valence-corrected chi connectivity index (χ3v) is 3.46. The number of nitrogens with two attached hydrogens (primary N) is 1. The van der Waals surface area contributed by atoms with E-state index in [0.29, 0.717) is 11.5 Å². The maximum absolute atomic E-state index is 12.3. The van der Waals surface area contributed by atoms with Crippen molar-refractivity contribution in [3.8, 4) is 5.75 Å². The molecule has 1 unspecified atom stereocenters. The number of benzene rings is 1. The monoisotopic (exact) mass is 271 g/mol. The first-order chi connectivity index (χ1) is 9.16. The van der Waals surface area contributed by atoms with Gasteiger partial charge in [0, 0.05) is 24.8 Å². The average molecular weight is 271 g/mol. The van der Waals surface area contributed by atoms with E-state index in [4.69, 9.17) is 10.5 Å². The van der Waals surface area contributed by atoms with Crippen LogP contribution in [0.15, 0.2) is 24.3 Å². The van der Waals surface area contributed by atoms with Gasteiger partial charge in [-0.3, -0.25) is 0 Å². The molecule has 0 aliphatic carbocycles. The van der Waals surface area contributed by atoms with Crippen molar-refractivity contribution in [1.29, 1.82) is 0 Å². The summed E-state index contributed by atoms with van der Waals surface area (Å²) < 4.78 is 34.5. The van der Waals surface area contributed by atoms with E-state index in [9.17, 15) is 8.78 Å². The lowest BCUT2D eigenvalue weighted by Gasteiger charge is -2.25. The van der Waals surface area contributed by atoms with E-state index in [2.05, 4.69) is 4.74 Å². The minimum atomic E-state index is -2.82. The SMILES string of the molecule is NC(CC1CCOCC1)c1ccccc1OC(F)F. The van der Waals surface area contributed by atoms with Gasteiger partial charge in [-0.15, -0.1) is 0 Å². The lowest BCUT2D eigenvalue weighted by atomic mass is 9.89. The molecule has 1 aromatic carbocycles. The molecule has 1 fully saturated rings. The number of alkyl halides is 2. The topological polar surface area (TPSA) is 44.5 Å². The van der Waals surface area contributed by atoms with Crippen molar-refractivity contribution in [2.45, 2.75) is 31.9 Å². The van der Waals surface area contributed by atoms with Gasteiger partial charge in [-0.1, -0.05) is 18.2 Å². The second kappa shape index (κ2) is 6.82. The fraction of sp³-hybridized carbons (Fsp3) is 0.571. The Balaban J connectivity index is 2.02. The Kier molecular flexibility index (Phi) is 5.10. The first kappa shape index (κ1) is 14.2. The molecule has 1 aliphatic rings. The summed E-state index contributed by atoms with van der Waals surface area (Å²) in [5, 5.41) is 0. The third-order valence-electron chi connectivity index (χ3n) is 3.46. The second-order valence-electron chi connectivity index (χ2n) is 4.81. The normalized spacial score (nSPS) is 18.5. The van der Waals surface area contributed by atoms with Crippen LogP contribution in [0, 0.1) is 5.92 Å². The Morgan fingerprint density at radius 2 is 1.95 bits per heavy atom. The number of para-hydroxylation sites is 1. The number of halogens is 2. The molecule has 0 aromatic heterocycles. The molecule has 2 rings (SSSR count). The summed E-state index contributed by atoms with van der Waals surface area (Å²) in [6.45, 7) is -1.31. The van der Waals surface area contributed by atoms with E-state index in [1.165, 1.54) is 6.07 Å². The van der Waals surface area contributed by atoms with Crippen LogP contribution in [0.4, 0.5) is 8.78 Å². The Labute approximate surface area is 111 Å². The van der Waals surface area contributed by atoms with E-state index in [0.717, 1.165) is 32.5 Å². The van der Waals surface area contributed by atoms with Gasteiger partial charge >= 0.3 is 6.61 Å². The van der Waals surface area contributed by atoms with Gasteiger partial charge in [0.25, 0.3) is 0 Å². The minimum Gasteiger partial charge on any atom is -0.434 e. The van der Waals surface area contributed by atoms with E-state index in [-0.39, 0.29) is 11.8 Å². The molecule has 19 heavy (non-hydrogen) atoms. The number of hydrogen-bond donors (Lipinski definition) is 1. The maximum atomic E-state index is 12.3. The quantitative estimate of drug-likeness (QED) is 0.895. The number of hydrogen-bond acceptors (Lipinski definition) is 3. The van der Waals surface area contributed by atoms with E-state index >= 15 is 0 Å². The van der Waals surface area contributed by atoms with Crippen molar-refractivity contribution in [2.75, 3.05) is 13.2 Å². The fourth-order valence-corrected chi connectivity index (χ4v) is 2.46. The van der Waals surface area contributed by atoms with Crippen LogP contribution >= 0.6 is 0 Å². The lowest BCUT2D eigenvalue weighted by molar-refractivity contribution is -0.0507. The highest BCUT2D eigenvalue weighted by Gasteiger charge is 2.21. The van der Waals surface area contributed by atoms with Gasteiger partial charge in [0.15, 0.2) is 0 Å². The molecule has 0 spiro atoms. The molecule has 2 N–H and O–H groups in total. The Morgan fingerprint density at radius 3 is 2.63 bits per heavy atom. The van der Waals surface area contributed by atoms with Crippen LogP contribution in [-0.2, 0) is 4.74 Å². The largest absolute Gasteiger partial charge is 0.434 e. The summed E-state index contributed by atoms with van der Waals surface area (Å²) in [5.74, 6) is 0.667. The molecule has 1 aromatic rings. The van der Waals surface area contributed by atoms with Crippen molar-refractivity contribution < 1.29 is 18.3 Å². The second-order valence-corrected chi connectivity index (χ2v) is 4.81. The highest BCUT2D eigenvalue weighted by molar-refractivity contribution is 5.35. The fourth-order valence-electron chi connectivity index (χ4n) is 2.46. The first-order valence-electron chi connectivity index (χ1n) is 6.54. The highest BCUT2D eigenvalue weighted by atomic mass is 19.3. The van der Waals surface area contributed by atoms with Gasteiger partial charge in [-0.05, 0) is 31.2 Å². The molecule has 0 amide bonds. The summed E-state index contributed by atoms with van der Waals surface area (Å²) in [6.07, 6.45) is 2.73. The van der Waals surface area contributed by atoms with E-state index < -0.39 is 6.61 Å². The van der Waals surface area contributed by atoms with E-state index in [1.807, 2.05) is 0 Å². The Hall–Kier alpha value is -1.20. The smallest absolute Gasteiger partial charge is 0.387 e. The van der Waals surface area contributed by atoms with Crippen molar-refractivity contribution in [2.24, 2.45) is 11.7 Å². The van der Waals surface area contributed by atoms with E-state index in [1.54, 1.807) is 18.2 Å². The summed E-state index contributed by atoms with van der Waals surface area (Å²) in [6, 6.07) is 6.46. The van der Waals surface area contributed by atoms with Gasteiger partial charge in [0.2, 0.25) is 0 Å². The molecule has 106 valence electrons. The van der Waals surface area contributed by atoms with Crippen LogP contribution in [0.5, 0.6) is 5.75 Å². The van der Waals surface area contributed by atoms with Crippen molar-refractivity contribution in [3.05, 3.63) is 29.8 Å². The van der Waals surface area contributed by atoms with Crippen LogP contribution in [0.3, 0.4) is 0 Å². The third kappa shape index (κ3) is 4.14. The molecule has 5 heteroatoms. The van der Waals surface area contributed by atoms with Gasteiger partial charge in [0.05, 0.1) is 0 Å². The van der Waals surface area contributed by atoms with Crippen molar-refractivity contribution >= 4 is 0 Å². The zero-order valence-corrected chi connectivity index (χ0v) is 10.7. The molecule has 1 heterocycles. The molecule has 1 atom stereocenters. The average Bonchev–Trinajstić information content (AvgIpc) is 2.39. The summed E-state index contributed by atoms with van der Waals surface area (Å²) >= 11 is 0. The summed E-state index contributed by atoms with van der Waals surface area (Å²) in [7, 11) is 0. The predicted octanol–water partition coefficient (Wildman–Crippen LogP) is 3.10. The minimum absolute atomic E-state index is 0.178. The van der Waals surface area contributed by atoms with Gasteiger partial charge in [0.1, 0.15) is 5.75 Å². The molecule has 1 saturated heterocycles. The summed E-state index contributed by atoms with van der Waals surface area (Å²) in [5.41, 5.74) is 6.78. The van der Waals surface area contributed by atoms with Crippen LogP contribution < -0.4 is 10.5 Å². The zero-order chi connectivity index (χ0) is 13.7. The molecular formula is C14H19F2NO2. The molecule has 0 saturated carbocycles. The zero-order valence-electron chi connectivity index (χ0n) is 10.7. The molecular weight excluding hydrogens is 252 g/mol. The van der Waals surface area contributed by atoms with Crippen LogP contribution in [-0.4, -0.2) is 19.8 Å². The predicted molar refractivity (Wildman–Crippen MR) is 68.2 cm³/mol. The standard InChI is InChI=1S/C14H19F2NO2/c15-14(16)19-13-4-2-1-3-11(13)12(17)9-10-5-7-18-8-6-10/h1-4,10,12,14H,5-9,17H2. The molecule has 3 nitrogen and oxygen atoms in total. The number of ether oxygens (including phenoxy) is 2. The van der Waals surface area contributed by atoms with Crippen LogP contribution in [0.1, 0.15) is 30.9 Å². The molecule has 0 bridgehead atoms. The van der Waals surface area contributed by atoms with Gasteiger partial charge < -0.3 is 15.2 Å². The highest BCUT2D eigenvalue weighted by Crippen LogP contribution is 2.31. The Bertz CT molecular complexity index is 395.